The predicted molar refractivity (Wildman–Crippen MR) is 73.6 cm³/mol. The summed E-state index contributed by atoms with van der Waals surface area (Å²) in [6, 6.07) is 8.48. The normalized spacial score (nSPS) is 10.5. The number of rotatable bonds is 4. The molecule has 5 heteroatoms. The molecule has 0 spiro atoms. The third-order valence-corrected chi connectivity index (χ3v) is 3.70. The maximum Gasteiger partial charge on any atom is 0.168 e. The van der Waals surface area contributed by atoms with Gasteiger partial charge in [-0.05, 0) is 25.5 Å². The van der Waals surface area contributed by atoms with Crippen LogP contribution in [0.3, 0.4) is 0 Å². The monoisotopic (exact) mass is 280 g/mol. The van der Waals surface area contributed by atoms with Crippen molar-refractivity contribution in [2.24, 2.45) is 0 Å². The molecular formula is C14H14F2N2S. The molecule has 1 aromatic carbocycles. The summed E-state index contributed by atoms with van der Waals surface area (Å²) >= 11 is 1.20. The third-order valence-electron chi connectivity index (χ3n) is 2.54. The van der Waals surface area contributed by atoms with Crippen LogP contribution in [0.4, 0.5) is 14.6 Å². The second kappa shape index (κ2) is 6.02. The van der Waals surface area contributed by atoms with E-state index in [4.69, 9.17) is 0 Å². The first-order chi connectivity index (χ1) is 9.11. The van der Waals surface area contributed by atoms with Crippen molar-refractivity contribution in [3.05, 3.63) is 47.5 Å². The van der Waals surface area contributed by atoms with Gasteiger partial charge in [0.2, 0.25) is 0 Å². The maximum absolute atomic E-state index is 13.7. The van der Waals surface area contributed by atoms with Crippen molar-refractivity contribution in [2.75, 3.05) is 11.9 Å². The molecule has 0 fully saturated rings. The van der Waals surface area contributed by atoms with Crippen molar-refractivity contribution < 1.29 is 8.78 Å². The molecule has 2 rings (SSSR count). The van der Waals surface area contributed by atoms with Gasteiger partial charge in [0.05, 0.1) is 0 Å². The van der Waals surface area contributed by atoms with Crippen molar-refractivity contribution in [1.82, 2.24) is 4.98 Å². The Hall–Kier alpha value is -1.62. The van der Waals surface area contributed by atoms with Crippen molar-refractivity contribution in [1.29, 1.82) is 0 Å². The highest BCUT2D eigenvalue weighted by atomic mass is 32.2. The molecule has 0 atom stereocenters. The van der Waals surface area contributed by atoms with Crippen LogP contribution in [0.5, 0.6) is 0 Å². The number of anilines is 1. The number of nitrogens with one attached hydrogen (secondary N) is 1. The van der Waals surface area contributed by atoms with E-state index in [9.17, 15) is 8.78 Å². The smallest absolute Gasteiger partial charge is 0.168 e. The first-order valence-electron chi connectivity index (χ1n) is 5.95. The molecule has 0 aliphatic carbocycles. The van der Waals surface area contributed by atoms with Crippen LogP contribution in [0.1, 0.15) is 12.5 Å². The zero-order valence-electron chi connectivity index (χ0n) is 10.7. The largest absolute Gasteiger partial charge is 0.368 e. The molecule has 0 saturated carbocycles. The molecule has 0 amide bonds. The molecule has 0 bridgehead atoms. The van der Waals surface area contributed by atoms with Gasteiger partial charge >= 0.3 is 0 Å². The molecule has 0 radical (unpaired) electrons. The zero-order chi connectivity index (χ0) is 13.8. The molecule has 1 N–H and O–H groups in total. The minimum absolute atomic E-state index is 0.0833. The standard InChI is InChI=1S/C14H14F2N2S/c1-3-17-13-10(15)8-11(16)14(18-13)19-12-7-5-4-6-9(12)2/h4-8H,3H2,1-2H3,(H,17,18). The number of hydrogen-bond donors (Lipinski definition) is 1. The lowest BCUT2D eigenvalue weighted by molar-refractivity contribution is 0.551. The van der Waals surface area contributed by atoms with E-state index in [0.717, 1.165) is 16.5 Å². The molecule has 0 aliphatic heterocycles. The summed E-state index contributed by atoms with van der Waals surface area (Å²) in [5, 5.41) is 2.95. The van der Waals surface area contributed by atoms with Gasteiger partial charge in [-0.25, -0.2) is 13.8 Å². The van der Waals surface area contributed by atoms with Gasteiger partial charge < -0.3 is 5.32 Å². The van der Waals surface area contributed by atoms with E-state index >= 15 is 0 Å². The van der Waals surface area contributed by atoms with Crippen LogP contribution in [0.25, 0.3) is 0 Å². The summed E-state index contributed by atoms with van der Waals surface area (Å²) in [7, 11) is 0. The number of pyridine rings is 1. The number of aromatic nitrogens is 1. The van der Waals surface area contributed by atoms with Crippen LogP contribution in [-0.2, 0) is 0 Å². The van der Waals surface area contributed by atoms with E-state index in [0.29, 0.717) is 6.54 Å². The molecule has 19 heavy (non-hydrogen) atoms. The van der Waals surface area contributed by atoms with Crippen molar-refractivity contribution in [3.8, 4) is 0 Å². The van der Waals surface area contributed by atoms with E-state index in [-0.39, 0.29) is 10.8 Å². The fourth-order valence-electron chi connectivity index (χ4n) is 1.59. The van der Waals surface area contributed by atoms with Crippen LogP contribution in [0.2, 0.25) is 0 Å². The van der Waals surface area contributed by atoms with Crippen LogP contribution in [-0.4, -0.2) is 11.5 Å². The Balaban J connectivity index is 2.34. The maximum atomic E-state index is 13.7. The van der Waals surface area contributed by atoms with E-state index in [1.54, 1.807) is 0 Å². The highest BCUT2D eigenvalue weighted by Gasteiger charge is 2.13. The SMILES string of the molecule is CCNc1nc(Sc2ccccc2C)c(F)cc1F. The Morgan fingerprint density at radius 3 is 2.63 bits per heavy atom. The van der Waals surface area contributed by atoms with E-state index in [1.807, 2.05) is 38.1 Å². The Morgan fingerprint density at radius 1 is 1.21 bits per heavy atom. The zero-order valence-corrected chi connectivity index (χ0v) is 11.5. The lowest BCUT2D eigenvalue weighted by atomic mass is 10.2. The second-order valence-electron chi connectivity index (χ2n) is 4.00. The average Bonchev–Trinajstić information content (AvgIpc) is 2.38. The minimum Gasteiger partial charge on any atom is -0.368 e. The molecular weight excluding hydrogens is 266 g/mol. The third kappa shape index (κ3) is 3.23. The van der Waals surface area contributed by atoms with Gasteiger partial charge in [-0.2, -0.15) is 0 Å². The average molecular weight is 280 g/mol. The molecule has 0 saturated heterocycles. The van der Waals surface area contributed by atoms with Crippen LogP contribution in [0.15, 0.2) is 40.3 Å². The van der Waals surface area contributed by atoms with Crippen molar-refractivity contribution in [2.45, 2.75) is 23.8 Å². The Bertz CT molecular complexity index is 588. The molecule has 0 aliphatic rings. The van der Waals surface area contributed by atoms with Gasteiger partial charge in [0.25, 0.3) is 0 Å². The lowest BCUT2D eigenvalue weighted by Gasteiger charge is -2.09. The Morgan fingerprint density at radius 2 is 1.95 bits per heavy atom. The fraction of sp³-hybridized carbons (Fsp3) is 0.214. The van der Waals surface area contributed by atoms with E-state index in [2.05, 4.69) is 10.3 Å². The quantitative estimate of drug-likeness (QED) is 0.906. The highest BCUT2D eigenvalue weighted by molar-refractivity contribution is 7.99. The van der Waals surface area contributed by atoms with Gasteiger partial charge in [-0.3, -0.25) is 0 Å². The molecule has 2 aromatic rings. The van der Waals surface area contributed by atoms with Gasteiger partial charge in [0.15, 0.2) is 17.5 Å². The summed E-state index contributed by atoms with van der Waals surface area (Å²) in [5.41, 5.74) is 1.03. The second-order valence-corrected chi connectivity index (χ2v) is 5.03. The predicted octanol–water partition coefficient (Wildman–Crippen LogP) is 4.25. The van der Waals surface area contributed by atoms with Crippen molar-refractivity contribution in [3.63, 3.8) is 0 Å². The number of halogens is 2. The lowest BCUT2D eigenvalue weighted by Crippen LogP contribution is -2.04. The molecule has 1 aromatic heterocycles. The van der Waals surface area contributed by atoms with Crippen LogP contribution in [0, 0.1) is 18.6 Å². The van der Waals surface area contributed by atoms with Gasteiger partial charge in [0, 0.05) is 17.5 Å². The first-order valence-corrected chi connectivity index (χ1v) is 6.77. The highest BCUT2D eigenvalue weighted by Crippen LogP contribution is 2.32. The summed E-state index contributed by atoms with van der Waals surface area (Å²) < 4.78 is 27.2. The molecule has 1 heterocycles. The van der Waals surface area contributed by atoms with Gasteiger partial charge in [-0.1, -0.05) is 30.0 Å². The Kier molecular flexibility index (Phi) is 4.37. The summed E-state index contributed by atoms with van der Waals surface area (Å²) in [5.74, 6) is -1.24. The van der Waals surface area contributed by atoms with E-state index in [1.165, 1.54) is 11.8 Å². The summed E-state index contributed by atoms with van der Waals surface area (Å²) in [6.07, 6.45) is 0. The molecule has 0 unspecified atom stereocenters. The fourth-order valence-corrected chi connectivity index (χ4v) is 2.47. The Labute approximate surface area is 115 Å². The topological polar surface area (TPSA) is 24.9 Å². The van der Waals surface area contributed by atoms with E-state index < -0.39 is 11.6 Å². The number of nitrogens with zero attached hydrogens (tertiary/aromatic N) is 1. The van der Waals surface area contributed by atoms with Gasteiger partial charge in [-0.15, -0.1) is 0 Å². The van der Waals surface area contributed by atoms with Crippen LogP contribution >= 0.6 is 11.8 Å². The minimum atomic E-state index is -0.673. The van der Waals surface area contributed by atoms with Crippen molar-refractivity contribution >= 4 is 17.6 Å². The first kappa shape index (κ1) is 13.8. The van der Waals surface area contributed by atoms with Crippen LogP contribution < -0.4 is 5.32 Å². The molecule has 2 nitrogen and oxygen atoms in total. The molecule has 100 valence electrons. The number of aryl methyl sites for hydroxylation is 1. The summed E-state index contributed by atoms with van der Waals surface area (Å²) in [4.78, 5) is 4.91. The number of hydrogen-bond acceptors (Lipinski definition) is 3. The van der Waals surface area contributed by atoms with Gasteiger partial charge in [0.1, 0.15) is 5.03 Å². The number of benzene rings is 1. The summed E-state index contributed by atoms with van der Waals surface area (Å²) in [6.45, 7) is 4.30.